The second-order valence-electron chi connectivity index (χ2n) is 4.74. The Hall–Kier alpha value is -3.48. The lowest BCUT2D eigenvalue weighted by Gasteiger charge is -2.01. The van der Waals surface area contributed by atoms with E-state index in [-0.39, 0.29) is 32.7 Å². The van der Waals surface area contributed by atoms with Crippen molar-refractivity contribution in [1.82, 2.24) is 0 Å². The molecule has 3 rings (SSSR count). The van der Waals surface area contributed by atoms with Gasteiger partial charge in [-0.2, -0.15) is 0 Å². The van der Waals surface area contributed by atoms with Gasteiger partial charge in [-0.15, -0.1) is 0 Å². The summed E-state index contributed by atoms with van der Waals surface area (Å²) in [5.41, 5.74) is -2.91. The van der Waals surface area contributed by atoms with Crippen LogP contribution in [0.5, 0.6) is 0 Å². The monoisotopic (exact) mass is 312 g/mol. The normalized spacial score (nSPS) is 10.8. The summed E-state index contributed by atoms with van der Waals surface area (Å²) in [7, 11) is 0. The minimum Gasteiger partial charge on any atom is -0.478 e. The van der Waals surface area contributed by atoms with Gasteiger partial charge in [-0.3, -0.25) is 0 Å². The molecule has 114 valence electrons. The average molecular weight is 312 g/mol. The van der Waals surface area contributed by atoms with Crippen LogP contribution in [-0.2, 0) is 0 Å². The van der Waals surface area contributed by atoms with Gasteiger partial charge in [0.25, 0.3) is 0 Å². The maximum absolute atomic E-state index is 12.1. The van der Waals surface area contributed by atoms with E-state index in [1.54, 1.807) is 0 Å². The highest BCUT2D eigenvalue weighted by molar-refractivity contribution is 6.15. The molecule has 0 saturated heterocycles. The molecule has 23 heavy (non-hydrogen) atoms. The first-order chi connectivity index (χ1) is 10.9. The van der Waals surface area contributed by atoms with Gasteiger partial charge in [0.1, 0.15) is 0 Å². The van der Waals surface area contributed by atoms with Gasteiger partial charge in [0.05, 0.1) is 21.9 Å². The third-order valence-electron chi connectivity index (χ3n) is 3.47. The van der Waals surface area contributed by atoms with Gasteiger partial charge in [-0.05, 0) is 22.9 Å². The standard InChI is InChI=1S/C16H8O7/c17-13(18)9-5-1-3-7-8-4-2-6-10(14(19)20)12(8)16(22)23-15(21)11(7)9/h1-6H,(H,17,18)(H,19,20). The van der Waals surface area contributed by atoms with Gasteiger partial charge in [0.2, 0.25) is 0 Å². The van der Waals surface area contributed by atoms with E-state index in [2.05, 4.69) is 4.42 Å². The first-order valence-electron chi connectivity index (χ1n) is 6.41. The van der Waals surface area contributed by atoms with Gasteiger partial charge in [-0.1, -0.05) is 24.3 Å². The lowest BCUT2D eigenvalue weighted by molar-refractivity contribution is 0.0688. The molecule has 1 heterocycles. The Labute approximate surface area is 127 Å². The molecule has 0 aliphatic carbocycles. The average Bonchev–Trinajstić information content (AvgIpc) is 2.62. The number of fused-ring (bicyclic) bond motifs is 3. The van der Waals surface area contributed by atoms with Crippen molar-refractivity contribution in [2.75, 3.05) is 0 Å². The zero-order valence-electron chi connectivity index (χ0n) is 11.4. The fourth-order valence-electron chi connectivity index (χ4n) is 2.54. The molecule has 3 aromatic rings. The van der Waals surface area contributed by atoms with E-state index in [1.807, 2.05) is 0 Å². The number of benzene rings is 2. The largest absolute Gasteiger partial charge is 0.478 e. The highest BCUT2D eigenvalue weighted by atomic mass is 16.4. The lowest BCUT2D eigenvalue weighted by atomic mass is 10.0. The van der Waals surface area contributed by atoms with Crippen LogP contribution in [0, 0.1) is 0 Å². The quantitative estimate of drug-likeness (QED) is 0.738. The van der Waals surface area contributed by atoms with E-state index in [1.165, 1.54) is 36.4 Å². The Kier molecular flexibility index (Phi) is 3.18. The van der Waals surface area contributed by atoms with E-state index in [9.17, 15) is 29.4 Å². The third-order valence-corrected chi connectivity index (χ3v) is 3.47. The number of carboxylic acids is 2. The summed E-state index contributed by atoms with van der Waals surface area (Å²) >= 11 is 0. The highest BCUT2D eigenvalue weighted by Gasteiger charge is 2.18. The van der Waals surface area contributed by atoms with Crippen molar-refractivity contribution < 1.29 is 24.2 Å². The molecule has 0 radical (unpaired) electrons. The molecule has 0 bridgehead atoms. The van der Waals surface area contributed by atoms with Crippen LogP contribution in [0.2, 0.25) is 0 Å². The van der Waals surface area contributed by atoms with Crippen molar-refractivity contribution >= 4 is 33.5 Å². The molecular formula is C16H8O7. The molecule has 7 nitrogen and oxygen atoms in total. The lowest BCUT2D eigenvalue weighted by Crippen LogP contribution is -2.10. The highest BCUT2D eigenvalue weighted by Crippen LogP contribution is 2.24. The smallest absolute Gasteiger partial charge is 0.347 e. The molecule has 0 spiro atoms. The van der Waals surface area contributed by atoms with Crippen LogP contribution >= 0.6 is 0 Å². The summed E-state index contributed by atoms with van der Waals surface area (Å²) in [6.07, 6.45) is 0. The number of rotatable bonds is 2. The Balaban J connectivity index is 2.77. The number of hydrogen-bond donors (Lipinski definition) is 2. The van der Waals surface area contributed by atoms with Crippen LogP contribution in [0.4, 0.5) is 0 Å². The Morgan fingerprint density at radius 3 is 1.48 bits per heavy atom. The number of aromatic carboxylic acids is 2. The number of hydrogen-bond acceptors (Lipinski definition) is 5. The molecule has 7 heteroatoms. The molecule has 1 aromatic heterocycles. The van der Waals surface area contributed by atoms with Gasteiger partial charge in [0.15, 0.2) is 0 Å². The summed E-state index contributed by atoms with van der Waals surface area (Å²) in [4.78, 5) is 46.9. The SMILES string of the molecule is O=C(O)c1cccc2c1c(=O)oc(=O)c1c(C(=O)O)cccc12. The molecule has 0 aliphatic rings. The van der Waals surface area contributed by atoms with E-state index < -0.39 is 23.2 Å². The van der Waals surface area contributed by atoms with Crippen LogP contribution in [0.25, 0.3) is 21.5 Å². The first kappa shape index (κ1) is 14.5. The zero-order valence-corrected chi connectivity index (χ0v) is 11.4. The maximum Gasteiger partial charge on any atom is 0.347 e. The molecule has 2 N–H and O–H groups in total. The van der Waals surface area contributed by atoms with Crippen LogP contribution < -0.4 is 11.3 Å². The topological polar surface area (TPSA) is 122 Å². The van der Waals surface area contributed by atoms with Gasteiger partial charge < -0.3 is 14.6 Å². The Morgan fingerprint density at radius 2 is 1.13 bits per heavy atom. The summed E-state index contributed by atoms with van der Waals surface area (Å²) in [5.74, 6) is -2.71. The maximum atomic E-state index is 12.1. The second kappa shape index (κ2) is 5.06. The molecule has 0 unspecified atom stereocenters. The fourth-order valence-corrected chi connectivity index (χ4v) is 2.54. The molecule has 0 atom stereocenters. The van der Waals surface area contributed by atoms with Crippen molar-refractivity contribution in [3.63, 3.8) is 0 Å². The van der Waals surface area contributed by atoms with Crippen LogP contribution in [-0.4, -0.2) is 22.2 Å². The predicted octanol–water partition coefficient (Wildman–Crippen LogP) is 1.70. The molecule has 0 saturated carbocycles. The molecule has 0 amide bonds. The summed E-state index contributed by atoms with van der Waals surface area (Å²) in [5, 5.41) is 18.2. The second-order valence-corrected chi connectivity index (χ2v) is 4.74. The zero-order chi connectivity index (χ0) is 16.7. The minimum atomic E-state index is -1.36. The number of carbonyl (C=O) groups is 2. The predicted molar refractivity (Wildman–Crippen MR) is 80.2 cm³/mol. The van der Waals surface area contributed by atoms with Crippen LogP contribution in [0.1, 0.15) is 20.7 Å². The summed E-state index contributed by atoms with van der Waals surface area (Å²) < 4.78 is 4.64. The minimum absolute atomic E-state index is 0.138. The van der Waals surface area contributed by atoms with Gasteiger partial charge in [0, 0.05) is 0 Å². The van der Waals surface area contributed by atoms with Crippen LogP contribution in [0.3, 0.4) is 0 Å². The molecule has 0 aliphatic heterocycles. The van der Waals surface area contributed by atoms with Crippen molar-refractivity contribution in [2.45, 2.75) is 0 Å². The Morgan fingerprint density at radius 1 is 0.739 bits per heavy atom. The fraction of sp³-hybridized carbons (Fsp3) is 0. The third kappa shape index (κ3) is 2.15. The van der Waals surface area contributed by atoms with Gasteiger partial charge >= 0.3 is 23.2 Å². The van der Waals surface area contributed by atoms with Crippen molar-refractivity contribution in [3.05, 3.63) is 68.4 Å². The van der Waals surface area contributed by atoms with E-state index in [0.717, 1.165) is 0 Å². The van der Waals surface area contributed by atoms with Crippen molar-refractivity contribution in [3.8, 4) is 0 Å². The Bertz CT molecular complexity index is 1020. The van der Waals surface area contributed by atoms with Crippen molar-refractivity contribution in [1.29, 1.82) is 0 Å². The van der Waals surface area contributed by atoms with E-state index in [4.69, 9.17) is 0 Å². The molecule has 0 fully saturated rings. The first-order valence-corrected chi connectivity index (χ1v) is 6.41. The molecule has 2 aromatic carbocycles. The summed E-state index contributed by atoms with van der Waals surface area (Å²) in [6, 6.07) is 8.10. The summed E-state index contributed by atoms with van der Waals surface area (Å²) in [6.45, 7) is 0. The van der Waals surface area contributed by atoms with E-state index in [0.29, 0.717) is 0 Å². The number of carboxylic acid groups (broad SMARTS) is 2. The van der Waals surface area contributed by atoms with Crippen molar-refractivity contribution in [2.24, 2.45) is 0 Å². The van der Waals surface area contributed by atoms with E-state index >= 15 is 0 Å². The van der Waals surface area contributed by atoms with Crippen LogP contribution in [0.15, 0.2) is 50.4 Å². The van der Waals surface area contributed by atoms with Gasteiger partial charge in [-0.25, -0.2) is 19.2 Å². The molecular weight excluding hydrogens is 304 g/mol.